The molecule has 0 aromatic heterocycles. The standard InChI is InChI=1S/C38H62O5/c1-3-5-7-9-11-13-15-17-19-21-23-25-27-29-31-33-38(41)43-36(34-39)35-42-37(40)32-30-28-26-24-22-20-18-16-14-12-10-8-6-4-2/h5,7,10-13,16-19,23,25,36,39H,3-4,6,8-9,14-15,20-22,24,26-35H2,1-2H3/b7-5+,12-10+,13-11+,18-16+,19-17+,25-23+/t36-/m0/s1. The average Bonchev–Trinajstić information content (AvgIpc) is 3.01. The maximum atomic E-state index is 12.1. The summed E-state index contributed by atoms with van der Waals surface area (Å²) in [4.78, 5) is 24.1. The van der Waals surface area contributed by atoms with Crippen molar-refractivity contribution in [2.75, 3.05) is 13.2 Å². The first-order valence-electron chi connectivity index (χ1n) is 17.0. The van der Waals surface area contributed by atoms with Crippen LogP contribution >= 0.6 is 0 Å². The summed E-state index contributed by atoms with van der Waals surface area (Å²) in [5, 5.41) is 9.50. The van der Waals surface area contributed by atoms with E-state index in [4.69, 9.17) is 9.47 Å². The van der Waals surface area contributed by atoms with Gasteiger partial charge in [0.25, 0.3) is 0 Å². The Morgan fingerprint density at radius 1 is 0.558 bits per heavy atom. The summed E-state index contributed by atoms with van der Waals surface area (Å²) in [5.41, 5.74) is 0. The van der Waals surface area contributed by atoms with Gasteiger partial charge in [-0.15, -0.1) is 0 Å². The summed E-state index contributed by atoms with van der Waals surface area (Å²) in [5.74, 6) is -0.666. The minimum atomic E-state index is -0.800. The van der Waals surface area contributed by atoms with Crippen molar-refractivity contribution in [3.8, 4) is 0 Å². The molecule has 0 unspecified atom stereocenters. The maximum absolute atomic E-state index is 12.1. The average molecular weight is 599 g/mol. The molecule has 0 rings (SSSR count). The third kappa shape index (κ3) is 32.1. The second-order valence-electron chi connectivity index (χ2n) is 10.9. The maximum Gasteiger partial charge on any atom is 0.306 e. The molecule has 0 saturated carbocycles. The van der Waals surface area contributed by atoms with Crippen molar-refractivity contribution < 1.29 is 24.2 Å². The molecule has 0 aliphatic heterocycles. The molecule has 0 aliphatic carbocycles. The second kappa shape index (κ2) is 33.8. The van der Waals surface area contributed by atoms with Crippen LogP contribution in [0.1, 0.15) is 136 Å². The number of allylic oxidation sites excluding steroid dienone is 12. The van der Waals surface area contributed by atoms with Crippen molar-refractivity contribution in [2.24, 2.45) is 0 Å². The van der Waals surface area contributed by atoms with Crippen molar-refractivity contribution in [3.05, 3.63) is 72.9 Å². The Kier molecular flexibility index (Phi) is 31.7. The summed E-state index contributed by atoms with van der Waals surface area (Å²) < 4.78 is 10.5. The normalized spacial score (nSPS) is 13.1. The van der Waals surface area contributed by atoms with E-state index in [0.717, 1.165) is 83.5 Å². The van der Waals surface area contributed by atoms with Gasteiger partial charge in [-0.3, -0.25) is 9.59 Å². The zero-order chi connectivity index (χ0) is 31.5. The lowest BCUT2D eigenvalue weighted by Crippen LogP contribution is -2.28. The molecule has 244 valence electrons. The topological polar surface area (TPSA) is 72.8 Å². The molecule has 1 N–H and O–H groups in total. The van der Waals surface area contributed by atoms with Crippen LogP contribution in [-0.4, -0.2) is 36.4 Å². The van der Waals surface area contributed by atoms with Crippen LogP contribution in [-0.2, 0) is 19.1 Å². The molecule has 0 bridgehead atoms. The predicted molar refractivity (Wildman–Crippen MR) is 182 cm³/mol. The molecule has 0 amide bonds. The molecule has 1 atom stereocenters. The van der Waals surface area contributed by atoms with Crippen LogP contribution in [0.15, 0.2) is 72.9 Å². The molecule has 0 saturated heterocycles. The van der Waals surface area contributed by atoms with Crippen molar-refractivity contribution in [3.63, 3.8) is 0 Å². The fourth-order valence-electron chi connectivity index (χ4n) is 4.15. The fraction of sp³-hybridized carbons (Fsp3) is 0.632. The van der Waals surface area contributed by atoms with Gasteiger partial charge in [-0.05, 0) is 77.0 Å². The lowest BCUT2D eigenvalue weighted by Gasteiger charge is -2.15. The van der Waals surface area contributed by atoms with Gasteiger partial charge in [0, 0.05) is 12.8 Å². The molecule has 0 aromatic carbocycles. The number of aliphatic hydroxyl groups is 1. The molecule has 0 aliphatic rings. The Morgan fingerprint density at radius 2 is 1.00 bits per heavy atom. The number of ether oxygens (including phenoxy) is 2. The van der Waals surface area contributed by atoms with E-state index in [1.807, 2.05) is 0 Å². The van der Waals surface area contributed by atoms with E-state index in [2.05, 4.69) is 86.8 Å². The van der Waals surface area contributed by atoms with Gasteiger partial charge < -0.3 is 14.6 Å². The Morgan fingerprint density at radius 3 is 1.56 bits per heavy atom. The van der Waals surface area contributed by atoms with Gasteiger partial charge in [0.05, 0.1) is 6.61 Å². The van der Waals surface area contributed by atoms with Crippen LogP contribution in [0, 0.1) is 0 Å². The third-order valence-electron chi connectivity index (χ3n) is 6.73. The van der Waals surface area contributed by atoms with Crippen LogP contribution in [0.2, 0.25) is 0 Å². The van der Waals surface area contributed by atoms with Crippen LogP contribution in [0.3, 0.4) is 0 Å². The fourth-order valence-corrected chi connectivity index (χ4v) is 4.15. The Balaban J connectivity index is 3.72. The summed E-state index contributed by atoms with van der Waals surface area (Å²) in [7, 11) is 0. The quantitative estimate of drug-likeness (QED) is 0.0527. The molecule has 5 heteroatoms. The highest BCUT2D eigenvalue weighted by atomic mass is 16.6. The number of carbonyl (C=O) groups is 2. The zero-order valence-electron chi connectivity index (χ0n) is 27.4. The molecule has 0 fully saturated rings. The zero-order valence-corrected chi connectivity index (χ0v) is 27.4. The summed E-state index contributed by atoms with van der Waals surface area (Å²) in [6.07, 6.45) is 43.8. The number of hydrogen-bond acceptors (Lipinski definition) is 5. The largest absolute Gasteiger partial charge is 0.462 e. The number of hydrogen-bond donors (Lipinski definition) is 1. The van der Waals surface area contributed by atoms with Gasteiger partial charge in [-0.2, -0.15) is 0 Å². The Bertz CT molecular complexity index is 818. The number of aliphatic hydroxyl groups excluding tert-OH is 1. The first-order valence-corrected chi connectivity index (χ1v) is 17.0. The van der Waals surface area contributed by atoms with Gasteiger partial charge in [0.1, 0.15) is 6.61 Å². The van der Waals surface area contributed by atoms with E-state index in [1.54, 1.807) is 0 Å². The van der Waals surface area contributed by atoms with Crippen molar-refractivity contribution >= 4 is 11.9 Å². The van der Waals surface area contributed by atoms with E-state index in [1.165, 1.54) is 25.7 Å². The van der Waals surface area contributed by atoms with E-state index in [-0.39, 0.29) is 25.2 Å². The molecular weight excluding hydrogens is 536 g/mol. The smallest absolute Gasteiger partial charge is 0.306 e. The third-order valence-corrected chi connectivity index (χ3v) is 6.73. The lowest BCUT2D eigenvalue weighted by molar-refractivity contribution is -0.161. The highest BCUT2D eigenvalue weighted by Gasteiger charge is 2.15. The number of esters is 2. The second-order valence-corrected chi connectivity index (χ2v) is 10.9. The van der Waals surface area contributed by atoms with E-state index < -0.39 is 6.10 Å². The highest BCUT2D eigenvalue weighted by Crippen LogP contribution is 2.10. The molecule has 0 spiro atoms. The number of rotatable bonds is 29. The van der Waals surface area contributed by atoms with Crippen LogP contribution in [0.4, 0.5) is 0 Å². The molecule has 43 heavy (non-hydrogen) atoms. The lowest BCUT2D eigenvalue weighted by atomic mass is 10.1. The summed E-state index contributed by atoms with van der Waals surface area (Å²) >= 11 is 0. The minimum absolute atomic E-state index is 0.0941. The number of carbonyl (C=O) groups excluding carboxylic acids is 2. The minimum Gasteiger partial charge on any atom is -0.462 e. The van der Waals surface area contributed by atoms with Crippen LogP contribution in [0.5, 0.6) is 0 Å². The SMILES string of the molecule is CC/C=C/C/C=C/C/C=C/C/C=C/CCCCC(=O)O[C@@H](CO)COC(=O)CCCCCCC/C=C/C/C=C/CCCC. The molecule has 0 aromatic rings. The van der Waals surface area contributed by atoms with E-state index >= 15 is 0 Å². The van der Waals surface area contributed by atoms with Crippen molar-refractivity contribution in [2.45, 2.75) is 142 Å². The first kappa shape index (κ1) is 40.3. The van der Waals surface area contributed by atoms with Gasteiger partial charge >= 0.3 is 11.9 Å². The highest BCUT2D eigenvalue weighted by molar-refractivity contribution is 5.70. The van der Waals surface area contributed by atoms with Crippen molar-refractivity contribution in [1.82, 2.24) is 0 Å². The van der Waals surface area contributed by atoms with Crippen LogP contribution < -0.4 is 0 Å². The van der Waals surface area contributed by atoms with Gasteiger partial charge in [0.15, 0.2) is 6.10 Å². The predicted octanol–water partition coefficient (Wildman–Crippen LogP) is 10.2. The van der Waals surface area contributed by atoms with Crippen molar-refractivity contribution in [1.29, 1.82) is 0 Å². The number of unbranched alkanes of at least 4 members (excludes halogenated alkanes) is 9. The Hall–Kier alpha value is -2.66. The molecule has 0 radical (unpaired) electrons. The monoisotopic (exact) mass is 598 g/mol. The van der Waals surface area contributed by atoms with Crippen LogP contribution in [0.25, 0.3) is 0 Å². The van der Waals surface area contributed by atoms with Gasteiger partial charge in [-0.25, -0.2) is 0 Å². The summed E-state index contributed by atoms with van der Waals surface area (Å²) in [6, 6.07) is 0. The Labute approximate surface area is 263 Å². The van der Waals surface area contributed by atoms with E-state index in [0.29, 0.717) is 12.8 Å². The summed E-state index contributed by atoms with van der Waals surface area (Å²) in [6.45, 7) is 3.90. The van der Waals surface area contributed by atoms with Gasteiger partial charge in [-0.1, -0.05) is 119 Å². The molecular formula is C38H62O5. The first-order chi connectivity index (χ1) is 21.1. The van der Waals surface area contributed by atoms with E-state index in [9.17, 15) is 14.7 Å². The molecule has 5 nitrogen and oxygen atoms in total. The van der Waals surface area contributed by atoms with Gasteiger partial charge in [0.2, 0.25) is 0 Å². The molecule has 0 heterocycles.